The maximum Gasteiger partial charge on any atom is 0.417 e. The monoisotopic (exact) mass is 409 g/mol. The first kappa shape index (κ1) is 19.9. The number of ether oxygens (including phenoxy) is 1. The summed E-state index contributed by atoms with van der Waals surface area (Å²) < 4.78 is 46.3. The van der Waals surface area contributed by atoms with Gasteiger partial charge in [-0.3, -0.25) is 9.78 Å². The van der Waals surface area contributed by atoms with Crippen LogP contribution in [0.2, 0.25) is 5.02 Å². The van der Waals surface area contributed by atoms with Gasteiger partial charge >= 0.3 is 11.7 Å². The zero-order valence-electron chi connectivity index (χ0n) is 14.9. The zero-order chi connectivity index (χ0) is 20.5. The summed E-state index contributed by atoms with van der Waals surface area (Å²) in [4.78, 5) is 20.3. The van der Waals surface area contributed by atoms with E-state index in [1.807, 2.05) is 6.07 Å². The van der Waals surface area contributed by atoms with E-state index in [9.17, 15) is 18.0 Å². The molecule has 0 radical (unpaired) electrons. The van der Waals surface area contributed by atoms with Crippen LogP contribution >= 0.6 is 11.6 Å². The van der Waals surface area contributed by atoms with Crippen LogP contribution in [0, 0.1) is 6.92 Å². The molecule has 0 N–H and O–H groups in total. The minimum absolute atomic E-state index is 0.00205. The topological polar surface area (TPSA) is 57.0 Å². The van der Waals surface area contributed by atoms with Crippen LogP contribution in [0.4, 0.5) is 13.2 Å². The van der Waals surface area contributed by atoms with Crippen molar-refractivity contribution in [3.05, 3.63) is 74.9 Å². The van der Waals surface area contributed by atoms with Crippen molar-refractivity contribution in [1.29, 1.82) is 0 Å². The number of aryl methyl sites for hydroxylation is 1. The Hall–Kier alpha value is -2.87. The SMILES string of the molecule is COc1cn(Cc2cccnc2C)c(-c2cccc(C(F)(F)F)c2Cl)nc1=O. The molecule has 0 spiro atoms. The van der Waals surface area contributed by atoms with Crippen molar-refractivity contribution in [2.45, 2.75) is 19.6 Å². The van der Waals surface area contributed by atoms with Crippen LogP contribution in [0.25, 0.3) is 11.4 Å². The fourth-order valence-electron chi connectivity index (χ4n) is 2.74. The number of halogens is 4. The lowest BCUT2D eigenvalue weighted by Gasteiger charge is -2.17. The van der Waals surface area contributed by atoms with Gasteiger partial charge in [0.25, 0.3) is 0 Å². The van der Waals surface area contributed by atoms with Gasteiger partial charge in [0.15, 0.2) is 0 Å². The fourth-order valence-corrected chi connectivity index (χ4v) is 3.06. The smallest absolute Gasteiger partial charge is 0.417 e. The molecule has 0 saturated heterocycles. The highest BCUT2D eigenvalue weighted by atomic mass is 35.5. The van der Waals surface area contributed by atoms with Crippen LogP contribution < -0.4 is 10.3 Å². The summed E-state index contributed by atoms with van der Waals surface area (Å²) in [5.74, 6) is -0.0291. The number of methoxy groups -OCH3 is 1. The Morgan fingerprint density at radius 1 is 1.21 bits per heavy atom. The molecule has 3 rings (SSSR count). The van der Waals surface area contributed by atoms with E-state index in [-0.39, 0.29) is 23.7 Å². The van der Waals surface area contributed by atoms with Gasteiger partial charge in [0.2, 0.25) is 5.75 Å². The van der Waals surface area contributed by atoms with Crippen LogP contribution in [-0.4, -0.2) is 21.6 Å². The molecule has 3 aromatic rings. The second kappa shape index (κ2) is 7.63. The van der Waals surface area contributed by atoms with Crippen molar-refractivity contribution in [2.75, 3.05) is 7.11 Å². The molecule has 0 aliphatic heterocycles. The average Bonchev–Trinajstić information content (AvgIpc) is 2.64. The summed E-state index contributed by atoms with van der Waals surface area (Å²) in [5.41, 5.74) is -0.163. The molecule has 0 fully saturated rings. The van der Waals surface area contributed by atoms with Gasteiger partial charge in [0, 0.05) is 17.5 Å². The van der Waals surface area contributed by atoms with Crippen molar-refractivity contribution >= 4 is 11.6 Å². The van der Waals surface area contributed by atoms with E-state index >= 15 is 0 Å². The lowest BCUT2D eigenvalue weighted by Crippen LogP contribution is -2.18. The molecule has 0 amide bonds. The second-order valence-electron chi connectivity index (χ2n) is 5.98. The Balaban J connectivity index is 2.23. The largest absolute Gasteiger partial charge is 0.490 e. The Kier molecular flexibility index (Phi) is 5.42. The van der Waals surface area contributed by atoms with E-state index in [1.165, 1.54) is 30.0 Å². The quantitative estimate of drug-likeness (QED) is 0.643. The predicted molar refractivity (Wildman–Crippen MR) is 98.6 cm³/mol. The molecule has 0 bridgehead atoms. The second-order valence-corrected chi connectivity index (χ2v) is 6.36. The lowest BCUT2D eigenvalue weighted by molar-refractivity contribution is -0.137. The number of alkyl halides is 3. The van der Waals surface area contributed by atoms with Crippen molar-refractivity contribution in [2.24, 2.45) is 0 Å². The molecule has 0 aliphatic rings. The summed E-state index contributed by atoms with van der Waals surface area (Å²) in [5, 5.41) is -0.524. The van der Waals surface area contributed by atoms with Crippen LogP contribution in [-0.2, 0) is 12.7 Å². The van der Waals surface area contributed by atoms with Crippen LogP contribution in [0.15, 0.2) is 47.5 Å². The molecule has 2 aromatic heterocycles. The molecule has 0 atom stereocenters. The minimum atomic E-state index is -4.63. The normalized spacial score (nSPS) is 11.5. The molecule has 0 saturated carbocycles. The number of pyridine rings is 1. The predicted octanol–water partition coefficient (Wildman–Crippen LogP) is 4.34. The Labute approximate surface area is 163 Å². The molecule has 9 heteroatoms. The first-order valence-corrected chi connectivity index (χ1v) is 8.52. The fraction of sp³-hybridized carbons (Fsp3) is 0.211. The van der Waals surface area contributed by atoms with Crippen molar-refractivity contribution < 1.29 is 17.9 Å². The van der Waals surface area contributed by atoms with E-state index in [0.29, 0.717) is 0 Å². The Morgan fingerprint density at radius 2 is 1.96 bits per heavy atom. The molecule has 1 aromatic carbocycles. The lowest BCUT2D eigenvalue weighted by atomic mass is 10.1. The van der Waals surface area contributed by atoms with E-state index in [0.717, 1.165) is 17.3 Å². The summed E-state index contributed by atoms with van der Waals surface area (Å²) >= 11 is 6.04. The van der Waals surface area contributed by atoms with Gasteiger partial charge < -0.3 is 9.30 Å². The van der Waals surface area contributed by atoms with Gasteiger partial charge in [-0.1, -0.05) is 23.7 Å². The Morgan fingerprint density at radius 3 is 2.61 bits per heavy atom. The average molecular weight is 410 g/mol. The number of hydrogen-bond donors (Lipinski definition) is 0. The highest BCUT2D eigenvalue weighted by Crippen LogP contribution is 2.39. The Bertz CT molecular complexity index is 1080. The summed E-state index contributed by atoms with van der Waals surface area (Å²) in [7, 11) is 1.31. The van der Waals surface area contributed by atoms with Crippen LogP contribution in [0.1, 0.15) is 16.8 Å². The van der Waals surface area contributed by atoms with E-state index in [2.05, 4.69) is 9.97 Å². The number of nitrogens with zero attached hydrogens (tertiary/aromatic N) is 3. The first-order valence-electron chi connectivity index (χ1n) is 8.14. The summed E-state index contributed by atoms with van der Waals surface area (Å²) in [6.07, 6.45) is -1.61. The maximum absolute atomic E-state index is 13.2. The van der Waals surface area contributed by atoms with Gasteiger partial charge in [-0.05, 0) is 30.7 Å². The molecule has 146 valence electrons. The third-order valence-corrected chi connectivity index (χ3v) is 4.59. The molecule has 28 heavy (non-hydrogen) atoms. The first-order chi connectivity index (χ1) is 13.2. The zero-order valence-corrected chi connectivity index (χ0v) is 15.7. The third kappa shape index (κ3) is 3.87. The van der Waals surface area contributed by atoms with Gasteiger partial charge in [-0.2, -0.15) is 18.2 Å². The van der Waals surface area contributed by atoms with Crippen molar-refractivity contribution in [3.8, 4) is 17.1 Å². The molecule has 2 heterocycles. The van der Waals surface area contributed by atoms with Gasteiger partial charge in [0.1, 0.15) is 5.82 Å². The van der Waals surface area contributed by atoms with Crippen LogP contribution in [0.3, 0.4) is 0 Å². The van der Waals surface area contributed by atoms with Gasteiger partial charge in [-0.25, -0.2) is 0 Å². The maximum atomic E-state index is 13.2. The van der Waals surface area contributed by atoms with Crippen molar-refractivity contribution in [1.82, 2.24) is 14.5 Å². The number of aromatic nitrogens is 3. The highest BCUT2D eigenvalue weighted by molar-refractivity contribution is 6.34. The molecule has 5 nitrogen and oxygen atoms in total. The van der Waals surface area contributed by atoms with E-state index < -0.39 is 22.3 Å². The molecular formula is C19H15ClF3N3O2. The van der Waals surface area contributed by atoms with Gasteiger partial charge in [-0.15, -0.1) is 0 Å². The van der Waals surface area contributed by atoms with E-state index in [4.69, 9.17) is 16.3 Å². The third-order valence-electron chi connectivity index (χ3n) is 4.19. The number of hydrogen-bond acceptors (Lipinski definition) is 4. The summed E-state index contributed by atoms with van der Waals surface area (Å²) in [6, 6.07) is 7.05. The molecular weight excluding hydrogens is 395 g/mol. The standard InChI is InChI=1S/C19H15ClF3N3O2/c1-11-12(5-4-8-24-11)9-26-10-15(28-2)18(27)25-17(26)13-6-3-7-14(16(13)20)19(21,22)23/h3-8,10H,9H2,1-2H3. The summed E-state index contributed by atoms with van der Waals surface area (Å²) in [6.45, 7) is 2.02. The number of benzene rings is 1. The van der Waals surface area contributed by atoms with E-state index in [1.54, 1.807) is 19.2 Å². The minimum Gasteiger partial charge on any atom is -0.490 e. The molecule has 0 aliphatic carbocycles. The molecule has 0 unspecified atom stereocenters. The van der Waals surface area contributed by atoms with Crippen molar-refractivity contribution in [3.63, 3.8) is 0 Å². The highest BCUT2D eigenvalue weighted by Gasteiger charge is 2.34. The number of rotatable bonds is 4. The van der Waals surface area contributed by atoms with Crippen LogP contribution in [0.5, 0.6) is 5.75 Å². The van der Waals surface area contributed by atoms with Gasteiger partial charge in [0.05, 0.1) is 30.4 Å².